The number of aliphatic hydroxyl groups excluding tert-OH is 1. The molecule has 0 spiro atoms. The molecule has 0 aliphatic carbocycles. The largest absolute Gasteiger partial charge is 0.488 e. The number of fused-ring (bicyclic) bond motifs is 1. The van der Waals surface area contributed by atoms with Gasteiger partial charge in [0, 0.05) is 0 Å². The summed E-state index contributed by atoms with van der Waals surface area (Å²) in [6.45, 7) is 0.119. The van der Waals surface area contributed by atoms with Crippen molar-refractivity contribution in [1.29, 1.82) is 0 Å². The van der Waals surface area contributed by atoms with Crippen LogP contribution >= 0.6 is 0 Å². The van der Waals surface area contributed by atoms with Gasteiger partial charge >= 0.3 is 0 Å². The van der Waals surface area contributed by atoms with E-state index in [-0.39, 0.29) is 12.7 Å². The Morgan fingerprint density at radius 3 is 3.08 bits per heavy atom. The van der Waals surface area contributed by atoms with E-state index in [0.717, 1.165) is 25.0 Å². The highest BCUT2D eigenvalue weighted by molar-refractivity contribution is 5.34. The fraction of sp³-hybridized carbons (Fsp3) is 0.455. The number of aliphatic hydroxyl groups is 1. The molecule has 2 rings (SSSR count). The summed E-state index contributed by atoms with van der Waals surface area (Å²) in [6, 6.07) is 8.07. The third-order valence-corrected chi connectivity index (χ3v) is 2.44. The predicted molar refractivity (Wildman–Crippen MR) is 50.9 cm³/mol. The van der Waals surface area contributed by atoms with Crippen molar-refractivity contribution in [1.82, 2.24) is 0 Å². The van der Waals surface area contributed by atoms with E-state index in [1.54, 1.807) is 0 Å². The van der Waals surface area contributed by atoms with Gasteiger partial charge in [0.2, 0.25) is 0 Å². The Hall–Kier alpha value is -1.02. The lowest BCUT2D eigenvalue weighted by atomic mass is 10.1. The molecule has 2 nitrogen and oxygen atoms in total. The number of benzene rings is 1. The van der Waals surface area contributed by atoms with Crippen LogP contribution in [0.5, 0.6) is 5.75 Å². The van der Waals surface area contributed by atoms with Gasteiger partial charge in [-0.05, 0) is 30.9 Å². The van der Waals surface area contributed by atoms with E-state index in [1.165, 1.54) is 5.56 Å². The van der Waals surface area contributed by atoms with Crippen molar-refractivity contribution in [3.63, 3.8) is 0 Å². The Bertz CT molecular complexity index is 283. The molecule has 70 valence electrons. The molecule has 1 heterocycles. The molecule has 1 atom stereocenters. The number of para-hydroxylation sites is 1. The molecular weight excluding hydrogens is 164 g/mol. The number of aryl methyl sites for hydroxylation is 1. The van der Waals surface area contributed by atoms with Gasteiger partial charge in [-0.2, -0.15) is 0 Å². The lowest BCUT2D eigenvalue weighted by molar-refractivity contribution is 0.111. The Kier molecular flexibility index (Phi) is 2.50. The Morgan fingerprint density at radius 2 is 2.23 bits per heavy atom. The van der Waals surface area contributed by atoms with E-state index < -0.39 is 0 Å². The topological polar surface area (TPSA) is 29.5 Å². The average Bonchev–Trinajstić information content (AvgIpc) is 2.38. The fourth-order valence-corrected chi connectivity index (χ4v) is 1.71. The van der Waals surface area contributed by atoms with Gasteiger partial charge in [-0.15, -0.1) is 0 Å². The molecule has 0 bridgehead atoms. The molecule has 1 aromatic carbocycles. The normalized spacial score (nSPS) is 21.5. The second kappa shape index (κ2) is 3.79. The molecule has 2 heteroatoms. The summed E-state index contributed by atoms with van der Waals surface area (Å²) < 4.78 is 5.66. The lowest BCUT2D eigenvalue weighted by Crippen LogP contribution is -2.19. The lowest BCUT2D eigenvalue weighted by Gasteiger charge is -2.14. The molecule has 1 unspecified atom stereocenters. The van der Waals surface area contributed by atoms with Crippen LogP contribution in [0.15, 0.2) is 24.3 Å². The second-order valence-electron chi connectivity index (χ2n) is 3.42. The fourth-order valence-electron chi connectivity index (χ4n) is 1.71. The summed E-state index contributed by atoms with van der Waals surface area (Å²) in [4.78, 5) is 0. The minimum atomic E-state index is -0.0105. The maximum Gasteiger partial charge on any atom is 0.123 e. The Balaban J connectivity index is 2.23. The van der Waals surface area contributed by atoms with Crippen molar-refractivity contribution in [3.05, 3.63) is 29.8 Å². The van der Waals surface area contributed by atoms with Crippen LogP contribution in [0.25, 0.3) is 0 Å². The van der Waals surface area contributed by atoms with Crippen LogP contribution in [0, 0.1) is 0 Å². The quantitative estimate of drug-likeness (QED) is 0.710. The van der Waals surface area contributed by atoms with Gasteiger partial charge in [0.25, 0.3) is 0 Å². The van der Waals surface area contributed by atoms with Gasteiger partial charge in [-0.25, -0.2) is 0 Å². The minimum absolute atomic E-state index is 0.0105. The van der Waals surface area contributed by atoms with Crippen LogP contribution in [0.3, 0.4) is 0 Å². The van der Waals surface area contributed by atoms with Crippen LogP contribution in [0.2, 0.25) is 0 Å². The van der Waals surface area contributed by atoms with E-state index in [0.29, 0.717) is 0 Å². The van der Waals surface area contributed by atoms with Crippen LogP contribution in [0.4, 0.5) is 0 Å². The average molecular weight is 178 g/mol. The van der Waals surface area contributed by atoms with Crippen molar-refractivity contribution in [2.24, 2.45) is 0 Å². The third-order valence-electron chi connectivity index (χ3n) is 2.44. The van der Waals surface area contributed by atoms with E-state index in [2.05, 4.69) is 6.07 Å². The van der Waals surface area contributed by atoms with Crippen molar-refractivity contribution >= 4 is 0 Å². The van der Waals surface area contributed by atoms with Crippen LogP contribution < -0.4 is 4.74 Å². The zero-order valence-electron chi connectivity index (χ0n) is 7.57. The van der Waals surface area contributed by atoms with Gasteiger partial charge < -0.3 is 9.84 Å². The summed E-state index contributed by atoms with van der Waals surface area (Å²) in [5, 5.41) is 9.02. The van der Waals surface area contributed by atoms with Gasteiger partial charge in [0.15, 0.2) is 0 Å². The van der Waals surface area contributed by atoms with E-state index in [4.69, 9.17) is 9.84 Å². The highest BCUT2D eigenvalue weighted by atomic mass is 16.5. The molecule has 0 radical (unpaired) electrons. The van der Waals surface area contributed by atoms with Gasteiger partial charge in [-0.1, -0.05) is 18.2 Å². The highest BCUT2D eigenvalue weighted by Crippen LogP contribution is 2.25. The SMILES string of the molecule is OCC1CCCc2ccccc2O1. The monoisotopic (exact) mass is 178 g/mol. The second-order valence-corrected chi connectivity index (χ2v) is 3.42. The van der Waals surface area contributed by atoms with Gasteiger partial charge in [0.05, 0.1) is 6.61 Å². The predicted octanol–water partition coefficient (Wildman–Crippen LogP) is 1.76. The van der Waals surface area contributed by atoms with Gasteiger partial charge in [0.1, 0.15) is 11.9 Å². The van der Waals surface area contributed by atoms with E-state index in [9.17, 15) is 0 Å². The molecule has 1 N–H and O–H groups in total. The molecule has 0 amide bonds. The van der Waals surface area contributed by atoms with Gasteiger partial charge in [-0.3, -0.25) is 0 Å². The number of hydrogen-bond donors (Lipinski definition) is 1. The first kappa shape index (κ1) is 8.57. The number of hydrogen-bond acceptors (Lipinski definition) is 2. The summed E-state index contributed by atoms with van der Waals surface area (Å²) in [6.07, 6.45) is 3.10. The first-order chi connectivity index (χ1) is 6.40. The van der Waals surface area contributed by atoms with Crippen molar-refractivity contribution in [3.8, 4) is 5.75 Å². The molecule has 1 aliphatic rings. The maximum absolute atomic E-state index is 9.02. The Labute approximate surface area is 78.2 Å². The first-order valence-electron chi connectivity index (χ1n) is 4.75. The summed E-state index contributed by atoms with van der Waals surface area (Å²) >= 11 is 0. The van der Waals surface area contributed by atoms with Crippen LogP contribution in [0.1, 0.15) is 18.4 Å². The summed E-state index contributed by atoms with van der Waals surface area (Å²) in [5.41, 5.74) is 1.26. The minimum Gasteiger partial charge on any atom is -0.488 e. The molecule has 0 aromatic heterocycles. The summed E-state index contributed by atoms with van der Waals surface area (Å²) in [5.74, 6) is 0.944. The van der Waals surface area contributed by atoms with Crippen molar-refractivity contribution in [2.75, 3.05) is 6.61 Å². The summed E-state index contributed by atoms with van der Waals surface area (Å²) in [7, 11) is 0. The van der Waals surface area contributed by atoms with E-state index in [1.807, 2.05) is 18.2 Å². The van der Waals surface area contributed by atoms with E-state index >= 15 is 0 Å². The third kappa shape index (κ3) is 1.83. The smallest absolute Gasteiger partial charge is 0.123 e. The standard InChI is InChI=1S/C11H14O2/c12-8-10-6-3-5-9-4-1-2-7-11(9)13-10/h1-2,4,7,10,12H,3,5-6,8H2. The molecule has 0 fully saturated rings. The molecule has 0 saturated heterocycles. The molecule has 1 aromatic rings. The van der Waals surface area contributed by atoms with Crippen LogP contribution in [-0.4, -0.2) is 17.8 Å². The maximum atomic E-state index is 9.02. The molecule has 0 saturated carbocycles. The van der Waals surface area contributed by atoms with Crippen LogP contribution in [-0.2, 0) is 6.42 Å². The molecular formula is C11H14O2. The van der Waals surface area contributed by atoms with Crippen molar-refractivity contribution < 1.29 is 9.84 Å². The first-order valence-corrected chi connectivity index (χ1v) is 4.75. The van der Waals surface area contributed by atoms with Crippen molar-refractivity contribution in [2.45, 2.75) is 25.4 Å². The Morgan fingerprint density at radius 1 is 1.38 bits per heavy atom. The zero-order chi connectivity index (χ0) is 9.10. The molecule has 1 aliphatic heterocycles. The molecule has 13 heavy (non-hydrogen) atoms. The zero-order valence-corrected chi connectivity index (χ0v) is 7.57. The highest BCUT2D eigenvalue weighted by Gasteiger charge is 2.15. The number of rotatable bonds is 1. The number of ether oxygens (including phenoxy) is 1.